The summed E-state index contributed by atoms with van der Waals surface area (Å²) in [4.78, 5) is 4.54. The van der Waals surface area contributed by atoms with Gasteiger partial charge in [-0.05, 0) is 80.9 Å². The minimum Gasteiger partial charge on any atom is -0.505 e. The summed E-state index contributed by atoms with van der Waals surface area (Å²) in [7, 11) is -3.71. The zero-order chi connectivity index (χ0) is 32.7. The molecule has 5 nitrogen and oxygen atoms in total. The van der Waals surface area contributed by atoms with Gasteiger partial charge in [0.2, 0.25) is 0 Å². The summed E-state index contributed by atoms with van der Waals surface area (Å²) in [5, 5.41) is 22.4. The molecule has 1 aliphatic rings. The van der Waals surface area contributed by atoms with E-state index in [1.54, 1.807) is 12.3 Å². The third kappa shape index (κ3) is 7.48. The highest BCUT2D eigenvalue weighted by Crippen LogP contribution is 2.38. The first kappa shape index (κ1) is 33.3. The lowest BCUT2D eigenvalue weighted by atomic mass is 9.78. The second-order valence-corrected chi connectivity index (χ2v) is 17.0. The predicted molar refractivity (Wildman–Crippen MR) is 188 cm³/mol. The fraction of sp³-hybridized carbons (Fsp3) is 0.237. The number of hydrogen-bond acceptors (Lipinski definition) is 5. The number of rotatable bonds is 11. The Morgan fingerprint density at radius 3 is 2.26 bits per heavy atom. The van der Waals surface area contributed by atoms with Crippen LogP contribution in [0.25, 0.3) is 11.6 Å². The van der Waals surface area contributed by atoms with Crippen LogP contribution in [-0.4, -0.2) is 43.3 Å². The highest BCUT2D eigenvalue weighted by Gasteiger charge is 2.50. The topological polar surface area (TPSA) is 71.8 Å². The number of hydrogen-bond donors (Lipinski definition) is 2. The lowest BCUT2D eigenvalue weighted by Crippen LogP contribution is -2.66. The van der Waals surface area contributed by atoms with E-state index in [1.807, 2.05) is 42.5 Å². The van der Waals surface area contributed by atoms with Gasteiger partial charge >= 0.3 is 7.12 Å². The summed E-state index contributed by atoms with van der Waals surface area (Å²) in [6.07, 6.45) is 6.60. The van der Waals surface area contributed by atoms with Crippen LogP contribution in [0, 0.1) is 5.82 Å². The first-order valence-electron chi connectivity index (χ1n) is 15.7. The average molecular weight is 634 g/mol. The van der Waals surface area contributed by atoms with E-state index in [0.717, 1.165) is 22.4 Å². The molecule has 2 N–H and O–H groups in total. The van der Waals surface area contributed by atoms with Crippen molar-refractivity contribution in [1.82, 2.24) is 4.98 Å². The largest absolute Gasteiger partial charge is 0.505 e. The SMILES string of the molecule is C=C(CO[Si](c1ccccc1)(c1ccccc1)C(C)(C)C)C1=CCB(O)OC1CC/C(=C/c1ccc(O)c(F)c1)c1ccccn1. The molecule has 0 aliphatic carbocycles. The number of allylic oxidation sites excluding steroid dienone is 2. The summed E-state index contributed by atoms with van der Waals surface area (Å²) in [6.45, 7) is 11.5. The molecule has 1 aromatic heterocycles. The lowest BCUT2D eigenvalue weighted by Gasteiger charge is -2.43. The molecule has 0 spiro atoms. The van der Waals surface area contributed by atoms with Crippen LogP contribution in [-0.2, 0) is 9.08 Å². The van der Waals surface area contributed by atoms with Crippen molar-refractivity contribution < 1.29 is 23.6 Å². The minimum absolute atomic E-state index is 0.181. The van der Waals surface area contributed by atoms with E-state index in [4.69, 9.17) is 9.08 Å². The molecule has 1 atom stereocenters. The van der Waals surface area contributed by atoms with Crippen LogP contribution in [0.4, 0.5) is 4.39 Å². The van der Waals surface area contributed by atoms with E-state index in [0.29, 0.717) is 31.3 Å². The van der Waals surface area contributed by atoms with Crippen molar-refractivity contribution in [2.75, 3.05) is 6.61 Å². The second-order valence-electron chi connectivity index (χ2n) is 12.7. The monoisotopic (exact) mass is 633 g/mol. The number of pyridine rings is 1. The molecule has 8 heteroatoms. The Kier molecular flexibility index (Phi) is 10.5. The van der Waals surface area contributed by atoms with Gasteiger partial charge in [-0.1, -0.05) is 106 Å². The van der Waals surface area contributed by atoms with E-state index in [9.17, 15) is 14.5 Å². The molecular weight excluding hydrogens is 592 g/mol. The third-order valence-corrected chi connectivity index (χ3v) is 13.5. The zero-order valence-corrected chi connectivity index (χ0v) is 27.7. The van der Waals surface area contributed by atoms with Gasteiger partial charge in [0, 0.05) is 12.5 Å². The van der Waals surface area contributed by atoms with E-state index in [1.165, 1.54) is 22.5 Å². The molecule has 1 aliphatic heterocycles. The number of nitrogens with zero attached hydrogens (tertiary/aromatic N) is 1. The molecule has 0 bridgehead atoms. The number of phenolic OH excluding ortho intramolecular Hbond substituents is 1. The maximum absolute atomic E-state index is 14.2. The number of aromatic nitrogens is 1. The maximum atomic E-state index is 14.2. The Bertz CT molecular complexity index is 1650. The second kappa shape index (κ2) is 14.6. The van der Waals surface area contributed by atoms with Gasteiger partial charge < -0.3 is 19.2 Å². The van der Waals surface area contributed by atoms with E-state index >= 15 is 0 Å². The van der Waals surface area contributed by atoms with E-state index in [2.05, 4.69) is 80.9 Å². The van der Waals surface area contributed by atoms with Gasteiger partial charge in [0.15, 0.2) is 11.6 Å². The fourth-order valence-corrected chi connectivity index (χ4v) is 10.8. The van der Waals surface area contributed by atoms with Gasteiger partial charge in [-0.3, -0.25) is 4.98 Å². The summed E-state index contributed by atoms with van der Waals surface area (Å²) in [6, 6.07) is 31.0. The number of halogens is 1. The zero-order valence-electron chi connectivity index (χ0n) is 26.7. The molecule has 46 heavy (non-hydrogen) atoms. The number of phenols is 1. The standard InChI is InChI=1S/C38H41BFNO4Si/c1-28(27-44-46(38(2,3)4,31-13-7-5-8-14-31)32-15-9-6-10-16-32)33-22-23-39(43)45-37(33)21-19-30(35-17-11-12-24-41-35)25-29-18-20-36(42)34(40)26-29/h5-18,20,22,24-26,37,42-43H,1,19,21,23,27H2,2-4H3/b30-25-. The van der Waals surface area contributed by atoms with Crippen molar-refractivity contribution in [3.8, 4) is 5.75 Å². The summed E-state index contributed by atoms with van der Waals surface area (Å²) < 4.78 is 27.4. The Hall–Kier alpha value is -4.08. The summed E-state index contributed by atoms with van der Waals surface area (Å²) in [5.74, 6) is -1.08. The van der Waals surface area contributed by atoms with Crippen molar-refractivity contribution in [2.24, 2.45) is 0 Å². The van der Waals surface area contributed by atoms with Crippen LogP contribution in [0.1, 0.15) is 44.9 Å². The van der Waals surface area contributed by atoms with Gasteiger partial charge in [-0.2, -0.15) is 0 Å². The Labute approximate surface area is 273 Å². The smallest absolute Gasteiger partial charge is 0.458 e. The molecule has 3 aromatic carbocycles. The molecule has 236 valence electrons. The fourth-order valence-electron chi connectivity index (χ4n) is 6.24. The Morgan fingerprint density at radius 1 is 1.02 bits per heavy atom. The van der Waals surface area contributed by atoms with Crippen molar-refractivity contribution >= 4 is 37.5 Å². The van der Waals surface area contributed by atoms with Gasteiger partial charge in [-0.15, -0.1) is 0 Å². The van der Waals surface area contributed by atoms with Crippen LogP contribution in [0.2, 0.25) is 11.4 Å². The highest BCUT2D eigenvalue weighted by molar-refractivity contribution is 6.99. The molecular formula is C38H41BFNO4Si. The van der Waals surface area contributed by atoms with Crippen molar-refractivity contribution in [3.05, 3.63) is 144 Å². The summed E-state index contributed by atoms with van der Waals surface area (Å²) in [5.41, 5.74) is 3.97. The molecule has 0 saturated carbocycles. The molecule has 0 radical (unpaired) electrons. The first-order chi connectivity index (χ1) is 22.1. The first-order valence-corrected chi connectivity index (χ1v) is 17.6. The van der Waals surface area contributed by atoms with Crippen molar-refractivity contribution in [1.29, 1.82) is 0 Å². The van der Waals surface area contributed by atoms with Crippen LogP contribution in [0.15, 0.2) is 127 Å². The molecule has 0 saturated heterocycles. The van der Waals surface area contributed by atoms with E-state index in [-0.39, 0.29) is 5.04 Å². The van der Waals surface area contributed by atoms with E-state index < -0.39 is 33.1 Å². The summed E-state index contributed by atoms with van der Waals surface area (Å²) >= 11 is 0. The minimum atomic E-state index is -2.79. The third-order valence-electron chi connectivity index (χ3n) is 8.48. The Morgan fingerprint density at radius 2 is 1.67 bits per heavy atom. The van der Waals surface area contributed by atoms with Gasteiger partial charge in [-0.25, -0.2) is 4.39 Å². The molecule has 5 rings (SSSR count). The molecule has 0 amide bonds. The Balaban J connectivity index is 1.41. The quantitative estimate of drug-likeness (QED) is 0.171. The van der Waals surface area contributed by atoms with Gasteiger partial charge in [0.1, 0.15) is 0 Å². The predicted octanol–water partition coefficient (Wildman–Crippen LogP) is 7.19. The highest BCUT2D eigenvalue weighted by atomic mass is 28.4. The van der Waals surface area contributed by atoms with Crippen LogP contribution >= 0.6 is 0 Å². The van der Waals surface area contributed by atoms with Crippen LogP contribution in [0.5, 0.6) is 5.75 Å². The van der Waals surface area contributed by atoms with Crippen LogP contribution < -0.4 is 10.4 Å². The van der Waals surface area contributed by atoms with Crippen molar-refractivity contribution in [2.45, 2.75) is 51.1 Å². The van der Waals surface area contributed by atoms with Crippen LogP contribution in [0.3, 0.4) is 0 Å². The number of benzene rings is 3. The molecule has 1 unspecified atom stereocenters. The molecule has 0 fully saturated rings. The number of aromatic hydroxyl groups is 1. The maximum Gasteiger partial charge on any atom is 0.458 e. The molecule has 4 aromatic rings. The van der Waals surface area contributed by atoms with Gasteiger partial charge in [0.05, 0.1) is 18.4 Å². The average Bonchev–Trinajstić information content (AvgIpc) is 3.05. The van der Waals surface area contributed by atoms with Gasteiger partial charge in [0.25, 0.3) is 8.32 Å². The molecule has 2 heterocycles. The normalized spacial score (nSPS) is 15.8. The van der Waals surface area contributed by atoms with Crippen molar-refractivity contribution in [3.63, 3.8) is 0 Å². The lowest BCUT2D eigenvalue weighted by molar-refractivity contribution is 0.182.